The summed E-state index contributed by atoms with van der Waals surface area (Å²) in [6.07, 6.45) is 0. The van der Waals surface area contributed by atoms with E-state index in [1.165, 1.54) is 9.13 Å². The Hall–Kier alpha value is -8.50. The minimum atomic E-state index is -0.566. The average molecular weight is 949 g/mol. The number of aromatic nitrogens is 2. The number of benzene rings is 8. The van der Waals surface area contributed by atoms with Crippen molar-refractivity contribution in [1.82, 2.24) is 9.13 Å². The number of carbonyl (C=O) groups excluding carboxylic acids is 2. The molecule has 2 heterocycles. The second-order valence-electron chi connectivity index (χ2n) is 20.8. The molecule has 0 fully saturated rings. The summed E-state index contributed by atoms with van der Waals surface area (Å²) in [5.74, 6) is -1.54. The lowest BCUT2D eigenvalue weighted by Crippen LogP contribution is -2.27. The molecule has 2 amide bonds. The summed E-state index contributed by atoms with van der Waals surface area (Å²) in [5, 5.41) is 12.6. The van der Waals surface area contributed by atoms with Gasteiger partial charge >= 0.3 is 0 Å². The van der Waals surface area contributed by atoms with E-state index in [2.05, 4.69) is 72.8 Å². The number of amides is 2. The molecule has 0 unspecified atom stereocenters. The molecule has 0 saturated carbocycles. The van der Waals surface area contributed by atoms with Crippen molar-refractivity contribution < 1.29 is 9.59 Å². The summed E-state index contributed by atoms with van der Waals surface area (Å²) < 4.78 is 2.57. The highest BCUT2D eigenvalue weighted by atomic mass is 16.2. The Morgan fingerprint density at radius 3 is 0.708 bits per heavy atom. The van der Waals surface area contributed by atoms with E-state index in [1.54, 1.807) is 24.3 Å². The zero-order valence-corrected chi connectivity index (χ0v) is 41.4. The Kier molecular flexibility index (Phi) is 10.6. The molecule has 9 aromatic carbocycles. The number of fused-ring (bicyclic) bond motifs is 8. The van der Waals surface area contributed by atoms with Gasteiger partial charge in [0.2, 0.25) is 11.8 Å². The number of nitrogens with zero attached hydrogens (tertiary/aromatic N) is 2. The van der Waals surface area contributed by atoms with Crippen molar-refractivity contribution in [1.29, 1.82) is 0 Å². The number of primary amides is 2. The molecule has 0 saturated heterocycles. The minimum Gasteiger partial charge on any atom is -0.366 e. The molecule has 0 radical (unpaired) electrons. The van der Waals surface area contributed by atoms with Gasteiger partial charge in [0.1, 0.15) is 0 Å². The number of carbonyl (C=O) groups is 2. The van der Waals surface area contributed by atoms with Gasteiger partial charge in [0.15, 0.2) is 0 Å². The maximum Gasteiger partial charge on any atom is 0.266 e. The van der Waals surface area contributed by atoms with Crippen molar-refractivity contribution in [3.8, 4) is 11.4 Å². The molecular weight excluding hydrogens is 897 g/mol. The summed E-state index contributed by atoms with van der Waals surface area (Å²) in [7, 11) is 0. The van der Waals surface area contributed by atoms with E-state index in [1.807, 2.05) is 79.7 Å². The Balaban J connectivity index is 1.03. The van der Waals surface area contributed by atoms with Crippen LogP contribution in [0.3, 0.4) is 0 Å². The second kappa shape index (κ2) is 16.6. The first kappa shape index (κ1) is 45.9. The zero-order chi connectivity index (χ0) is 50.9. The third-order valence-corrected chi connectivity index (χ3v) is 14.7. The lowest BCUT2D eigenvalue weighted by atomic mass is 9.90. The van der Waals surface area contributed by atoms with Gasteiger partial charge in [-0.1, -0.05) is 79.7 Å². The van der Waals surface area contributed by atoms with Gasteiger partial charge in [-0.15, -0.1) is 0 Å². The number of hydrogen-bond acceptors (Lipinski definition) is 6. The maximum atomic E-state index is 14.4. The van der Waals surface area contributed by atoms with Crippen LogP contribution in [0, 0.1) is 0 Å². The van der Waals surface area contributed by atoms with Crippen molar-refractivity contribution in [2.75, 3.05) is 0 Å². The number of nitrogens with two attached hydrogens (primary N) is 2. The molecule has 2 aromatic heterocycles. The molecule has 10 heteroatoms. The lowest BCUT2D eigenvalue weighted by Gasteiger charge is -2.20. The Morgan fingerprint density at radius 1 is 0.319 bits per heavy atom. The van der Waals surface area contributed by atoms with E-state index in [4.69, 9.17) is 11.5 Å². The van der Waals surface area contributed by atoms with Crippen LogP contribution in [0.15, 0.2) is 141 Å². The summed E-state index contributed by atoms with van der Waals surface area (Å²) in [5.41, 5.74) is 14.4. The number of rotatable bonds is 8. The van der Waals surface area contributed by atoms with Gasteiger partial charge in [0.05, 0.1) is 32.9 Å². The fraction of sp³-hybridized carbons (Fsp3) is 0.194. The molecule has 0 aliphatic carbocycles. The molecule has 0 spiro atoms. The van der Waals surface area contributed by atoms with Gasteiger partial charge < -0.3 is 11.5 Å². The molecule has 0 aliphatic heterocycles. The van der Waals surface area contributed by atoms with Crippen molar-refractivity contribution >= 4 is 98.0 Å². The fourth-order valence-corrected chi connectivity index (χ4v) is 10.9. The average Bonchev–Trinajstić information content (AvgIpc) is 3.71. The Bertz CT molecular complexity index is 3960. The first-order valence-electron chi connectivity index (χ1n) is 24.5. The molecule has 0 atom stereocenters. The van der Waals surface area contributed by atoms with Crippen LogP contribution in [-0.4, -0.2) is 20.9 Å². The highest BCUT2D eigenvalue weighted by molar-refractivity contribution is 6.11. The Morgan fingerprint density at radius 2 is 0.514 bits per heavy atom. The smallest absolute Gasteiger partial charge is 0.266 e. The normalized spacial score (nSPS) is 12.3. The highest BCUT2D eigenvalue weighted by Gasteiger charge is 2.27. The van der Waals surface area contributed by atoms with Crippen molar-refractivity contribution in [2.24, 2.45) is 11.5 Å². The zero-order valence-electron chi connectivity index (χ0n) is 41.4. The van der Waals surface area contributed by atoms with Crippen LogP contribution < -0.4 is 33.7 Å². The van der Waals surface area contributed by atoms with E-state index in [9.17, 15) is 28.8 Å². The molecule has 11 aromatic rings. The van der Waals surface area contributed by atoms with E-state index in [0.29, 0.717) is 66.3 Å². The molecule has 0 bridgehead atoms. The van der Waals surface area contributed by atoms with Gasteiger partial charge in [0, 0.05) is 11.1 Å². The maximum absolute atomic E-state index is 14.4. The standard InChI is InChI=1S/C62H52N4O6/c1-29(2)47-25-45(57(63)67)26-48(30(3)4)55(47)65-59(69)51-21-41-17-37-13-33-9-11-35-15-39-19-43-23-53-54(62(72)66(61(53)71)56-49(31(5)6)27-46(58(64)68)28-50(56)32(7)8)24-44(43)20-40(39)16-36(35)12-10-34(33)14-38(37)18-42(41)22-52(51)60(65)70/h9-32H,1-8H3,(H2,63,67)(H2,64,68). The van der Waals surface area contributed by atoms with Gasteiger partial charge in [-0.05, 0) is 208 Å². The van der Waals surface area contributed by atoms with Crippen molar-refractivity contribution in [3.05, 3.63) is 196 Å². The summed E-state index contributed by atoms with van der Waals surface area (Å²) in [6, 6.07) is 39.3. The van der Waals surface area contributed by atoms with Crippen LogP contribution in [0.1, 0.15) is 122 Å². The quantitative estimate of drug-likeness (QED) is 0.144. The van der Waals surface area contributed by atoms with E-state index in [-0.39, 0.29) is 23.7 Å². The largest absolute Gasteiger partial charge is 0.366 e. The molecule has 72 heavy (non-hydrogen) atoms. The monoisotopic (exact) mass is 948 g/mol. The molecule has 0 aliphatic rings. The van der Waals surface area contributed by atoms with Gasteiger partial charge in [-0.3, -0.25) is 28.8 Å². The predicted octanol–water partition coefficient (Wildman–Crippen LogP) is 12.1. The molecular formula is C62H52N4O6. The van der Waals surface area contributed by atoms with Crippen LogP contribution in [0.2, 0.25) is 0 Å². The fourth-order valence-electron chi connectivity index (χ4n) is 10.9. The molecule has 10 nitrogen and oxygen atoms in total. The summed E-state index contributed by atoms with van der Waals surface area (Å²) in [4.78, 5) is 82.2. The van der Waals surface area contributed by atoms with Gasteiger partial charge in [0.25, 0.3) is 22.2 Å². The highest BCUT2D eigenvalue weighted by Crippen LogP contribution is 2.36. The summed E-state index contributed by atoms with van der Waals surface area (Å²) >= 11 is 0. The first-order valence-corrected chi connectivity index (χ1v) is 24.5. The second-order valence-corrected chi connectivity index (χ2v) is 20.8. The van der Waals surface area contributed by atoms with Crippen LogP contribution >= 0.6 is 0 Å². The SMILES string of the molecule is CC(C)c1cc(C(N)=O)cc(C(C)C)c1-n1c(=O)c2cc3cc4cc5ccc6cc7cc8cc9c(=O)n(-c%10c(C(C)C)cc(C(N)=O)cc%10C(C)C)c(=O)c9cc8cc7cc6ccc5cc4cc3cc2c1=O. The molecule has 4 N–H and O–H groups in total. The van der Waals surface area contributed by atoms with Crippen molar-refractivity contribution in [3.63, 3.8) is 0 Å². The van der Waals surface area contributed by atoms with Gasteiger partial charge in [-0.2, -0.15) is 0 Å². The van der Waals surface area contributed by atoms with Crippen LogP contribution in [0.4, 0.5) is 0 Å². The van der Waals surface area contributed by atoms with E-state index in [0.717, 1.165) is 64.6 Å². The third-order valence-electron chi connectivity index (χ3n) is 14.7. The van der Waals surface area contributed by atoms with Crippen LogP contribution in [0.5, 0.6) is 0 Å². The van der Waals surface area contributed by atoms with Crippen LogP contribution in [0.25, 0.3) is 97.6 Å². The summed E-state index contributed by atoms with van der Waals surface area (Å²) in [6.45, 7) is 15.8. The first-order chi connectivity index (χ1) is 34.3. The Labute approximate surface area is 413 Å². The topological polar surface area (TPSA) is 164 Å². The van der Waals surface area contributed by atoms with Crippen molar-refractivity contribution in [2.45, 2.75) is 79.1 Å². The number of hydrogen-bond donors (Lipinski definition) is 2. The molecule has 11 rings (SSSR count). The van der Waals surface area contributed by atoms with E-state index >= 15 is 0 Å². The van der Waals surface area contributed by atoms with Crippen LogP contribution in [-0.2, 0) is 0 Å². The minimum absolute atomic E-state index is 0.101. The lowest BCUT2D eigenvalue weighted by molar-refractivity contribution is 0.0991. The van der Waals surface area contributed by atoms with Gasteiger partial charge in [-0.25, -0.2) is 9.13 Å². The third kappa shape index (κ3) is 7.14. The predicted molar refractivity (Wildman–Crippen MR) is 295 cm³/mol. The van der Waals surface area contributed by atoms with E-state index < -0.39 is 34.1 Å². The molecule has 356 valence electrons.